The van der Waals surface area contributed by atoms with Crippen LogP contribution in [0.3, 0.4) is 0 Å². The number of nitrogens with zero attached hydrogens (tertiary/aromatic N) is 2. The predicted octanol–water partition coefficient (Wildman–Crippen LogP) is 1.18. The summed E-state index contributed by atoms with van der Waals surface area (Å²) < 4.78 is 11.4. The zero-order chi connectivity index (χ0) is 17.1. The molecule has 0 amide bonds. The molecule has 0 aromatic carbocycles. The van der Waals surface area contributed by atoms with Crippen LogP contribution in [0.5, 0.6) is 0 Å². The van der Waals surface area contributed by atoms with Crippen molar-refractivity contribution in [3.05, 3.63) is 0 Å². The molecule has 1 fully saturated rings. The van der Waals surface area contributed by atoms with Crippen LogP contribution in [0.4, 0.5) is 0 Å². The summed E-state index contributed by atoms with van der Waals surface area (Å²) >= 11 is 0. The Kier molecular flexibility index (Phi) is 10.2. The first-order chi connectivity index (χ1) is 11.0. The van der Waals surface area contributed by atoms with Gasteiger partial charge in [-0.25, -0.2) is 0 Å². The van der Waals surface area contributed by atoms with Gasteiger partial charge in [-0.1, -0.05) is 27.7 Å². The van der Waals surface area contributed by atoms with Crippen molar-refractivity contribution in [2.75, 3.05) is 59.6 Å². The Morgan fingerprint density at radius 1 is 1.26 bits per heavy atom. The number of nitrogens with one attached hydrogen (secondary N) is 2. The quantitative estimate of drug-likeness (QED) is 0.378. The van der Waals surface area contributed by atoms with Gasteiger partial charge in [-0.05, 0) is 11.8 Å². The first kappa shape index (κ1) is 20.2. The molecule has 1 rings (SSSR count). The normalized spacial score (nSPS) is 20.3. The lowest BCUT2D eigenvalue weighted by atomic mass is 10.2. The third-order valence-electron chi connectivity index (χ3n) is 3.56. The van der Waals surface area contributed by atoms with Crippen molar-refractivity contribution in [1.82, 2.24) is 15.5 Å². The fourth-order valence-electron chi connectivity index (χ4n) is 2.58. The van der Waals surface area contributed by atoms with E-state index in [-0.39, 0.29) is 6.10 Å². The SMILES string of the molecule is CN=C(NCCOCC(C)C)NCC1CN(CC(C)C)CCO1. The van der Waals surface area contributed by atoms with Gasteiger partial charge in [-0.3, -0.25) is 9.89 Å². The molecule has 1 atom stereocenters. The number of morpholine rings is 1. The van der Waals surface area contributed by atoms with Crippen LogP contribution >= 0.6 is 0 Å². The van der Waals surface area contributed by atoms with Crippen LogP contribution < -0.4 is 10.6 Å². The van der Waals surface area contributed by atoms with Crippen molar-refractivity contribution in [3.63, 3.8) is 0 Å². The second-order valence-electron chi connectivity index (χ2n) is 6.99. The van der Waals surface area contributed by atoms with E-state index in [2.05, 4.69) is 48.2 Å². The molecule has 0 aromatic rings. The molecule has 136 valence electrons. The largest absolute Gasteiger partial charge is 0.379 e. The van der Waals surface area contributed by atoms with Gasteiger partial charge < -0.3 is 20.1 Å². The molecule has 0 bridgehead atoms. The lowest BCUT2D eigenvalue weighted by Crippen LogP contribution is -2.50. The minimum atomic E-state index is 0.221. The maximum Gasteiger partial charge on any atom is 0.191 e. The van der Waals surface area contributed by atoms with E-state index in [1.54, 1.807) is 7.05 Å². The fourth-order valence-corrected chi connectivity index (χ4v) is 2.58. The Hall–Kier alpha value is -0.850. The zero-order valence-electron chi connectivity index (χ0n) is 15.6. The lowest BCUT2D eigenvalue weighted by Gasteiger charge is -2.34. The summed E-state index contributed by atoms with van der Waals surface area (Å²) in [6, 6.07) is 0. The number of hydrogen-bond donors (Lipinski definition) is 2. The van der Waals surface area contributed by atoms with Crippen molar-refractivity contribution >= 4 is 5.96 Å². The average molecular weight is 329 g/mol. The predicted molar refractivity (Wildman–Crippen MR) is 96.0 cm³/mol. The van der Waals surface area contributed by atoms with Gasteiger partial charge in [0.05, 0.1) is 19.3 Å². The molecule has 1 saturated heterocycles. The van der Waals surface area contributed by atoms with Crippen LogP contribution in [-0.4, -0.2) is 76.6 Å². The van der Waals surface area contributed by atoms with Gasteiger partial charge in [-0.15, -0.1) is 0 Å². The Morgan fingerprint density at radius 3 is 2.70 bits per heavy atom. The summed E-state index contributed by atoms with van der Waals surface area (Å²) in [4.78, 5) is 6.72. The molecule has 2 N–H and O–H groups in total. The van der Waals surface area contributed by atoms with Crippen LogP contribution in [0.2, 0.25) is 0 Å². The van der Waals surface area contributed by atoms with E-state index in [1.807, 2.05) is 0 Å². The first-order valence-electron chi connectivity index (χ1n) is 8.87. The van der Waals surface area contributed by atoms with Crippen LogP contribution in [0.25, 0.3) is 0 Å². The van der Waals surface area contributed by atoms with Crippen LogP contribution in [0.15, 0.2) is 4.99 Å². The van der Waals surface area contributed by atoms with E-state index in [0.29, 0.717) is 18.4 Å². The third-order valence-corrected chi connectivity index (χ3v) is 3.56. The second-order valence-corrected chi connectivity index (χ2v) is 6.99. The van der Waals surface area contributed by atoms with Crippen molar-refractivity contribution in [2.24, 2.45) is 16.8 Å². The van der Waals surface area contributed by atoms with Crippen molar-refractivity contribution in [1.29, 1.82) is 0 Å². The molecule has 0 spiro atoms. The highest BCUT2D eigenvalue weighted by atomic mass is 16.5. The van der Waals surface area contributed by atoms with E-state index < -0.39 is 0 Å². The molecular weight excluding hydrogens is 292 g/mol. The molecule has 0 saturated carbocycles. The van der Waals surface area contributed by atoms with E-state index in [1.165, 1.54) is 0 Å². The van der Waals surface area contributed by atoms with Crippen LogP contribution in [-0.2, 0) is 9.47 Å². The number of rotatable bonds is 9. The topological polar surface area (TPSA) is 58.1 Å². The number of guanidine groups is 1. The van der Waals surface area contributed by atoms with Gasteiger partial charge in [0, 0.05) is 46.4 Å². The molecule has 1 heterocycles. The number of hydrogen-bond acceptors (Lipinski definition) is 4. The fraction of sp³-hybridized carbons (Fsp3) is 0.941. The maximum atomic E-state index is 5.84. The zero-order valence-corrected chi connectivity index (χ0v) is 15.6. The summed E-state index contributed by atoms with van der Waals surface area (Å²) in [6.07, 6.45) is 0.221. The van der Waals surface area contributed by atoms with E-state index >= 15 is 0 Å². The molecule has 23 heavy (non-hydrogen) atoms. The molecule has 0 radical (unpaired) electrons. The molecule has 6 heteroatoms. The molecule has 1 aliphatic rings. The summed E-state index contributed by atoms with van der Waals surface area (Å²) in [7, 11) is 1.79. The molecular formula is C17H36N4O2. The Morgan fingerprint density at radius 2 is 2.04 bits per heavy atom. The van der Waals surface area contributed by atoms with E-state index in [0.717, 1.165) is 51.9 Å². The van der Waals surface area contributed by atoms with Crippen molar-refractivity contribution in [2.45, 2.75) is 33.8 Å². The average Bonchev–Trinajstić information content (AvgIpc) is 2.49. The Bertz CT molecular complexity index is 335. The number of ether oxygens (including phenoxy) is 2. The molecule has 0 aromatic heterocycles. The second kappa shape index (κ2) is 11.6. The Labute approximate surface area is 142 Å². The summed E-state index contributed by atoms with van der Waals surface area (Å²) in [6.45, 7) is 15.8. The van der Waals surface area contributed by atoms with E-state index in [4.69, 9.17) is 9.47 Å². The molecule has 6 nitrogen and oxygen atoms in total. The monoisotopic (exact) mass is 328 g/mol. The van der Waals surface area contributed by atoms with Gasteiger partial charge in [-0.2, -0.15) is 0 Å². The molecule has 0 aliphatic carbocycles. The van der Waals surface area contributed by atoms with Gasteiger partial charge in [0.1, 0.15) is 0 Å². The summed E-state index contributed by atoms with van der Waals surface area (Å²) in [5.41, 5.74) is 0. The minimum absolute atomic E-state index is 0.221. The Balaban J connectivity index is 2.18. The van der Waals surface area contributed by atoms with Crippen molar-refractivity contribution in [3.8, 4) is 0 Å². The van der Waals surface area contributed by atoms with Gasteiger partial charge in [0.2, 0.25) is 0 Å². The standard InChI is InChI=1S/C17H36N4O2/c1-14(2)11-21-7-9-23-16(12-21)10-20-17(18-5)19-6-8-22-13-15(3)4/h14-16H,6-13H2,1-5H3,(H2,18,19,20). The van der Waals surface area contributed by atoms with Gasteiger partial charge in [0.25, 0.3) is 0 Å². The molecule has 1 unspecified atom stereocenters. The summed E-state index contributed by atoms with van der Waals surface area (Å²) in [5, 5.41) is 6.62. The minimum Gasteiger partial charge on any atom is -0.379 e. The number of aliphatic imine (C=N–C) groups is 1. The highest BCUT2D eigenvalue weighted by Gasteiger charge is 2.20. The maximum absolute atomic E-state index is 5.84. The highest BCUT2D eigenvalue weighted by Crippen LogP contribution is 2.07. The highest BCUT2D eigenvalue weighted by molar-refractivity contribution is 5.79. The van der Waals surface area contributed by atoms with Crippen LogP contribution in [0.1, 0.15) is 27.7 Å². The lowest BCUT2D eigenvalue weighted by molar-refractivity contribution is -0.0284. The first-order valence-corrected chi connectivity index (χ1v) is 8.87. The molecule has 1 aliphatic heterocycles. The van der Waals surface area contributed by atoms with Crippen LogP contribution in [0, 0.1) is 11.8 Å². The third kappa shape index (κ3) is 9.79. The smallest absolute Gasteiger partial charge is 0.191 e. The van der Waals surface area contributed by atoms with E-state index in [9.17, 15) is 0 Å². The van der Waals surface area contributed by atoms with Gasteiger partial charge >= 0.3 is 0 Å². The van der Waals surface area contributed by atoms with Gasteiger partial charge in [0.15, 0.2) is 5.96 Å². The van der Waals surface area contributed by atoms with Crippen molar-refractivity contribution < 1.29 is 9.47 Å². The summed E-state index contributed by atoms with van der Waals surface area (Å²) in [5.74, 6) is 2.08.